The van der Waals surface area contributed by atoms with E-state index in [1.54, 1.807) is 54.7 Å². The molecular formula is C21H16ClN3O2S. The number of benzene rings is 2. The van der Waals surface area contributed by atoms with Gasteiger partial charge in [-0.1, -0.05) is 29.0 Å². The van der Waals surface area contributed by atoms with Gasteiger partial charge in [0.15, 0.2) is 5.13 Å². The molecule has 140 valence electrons. The summed E-state index contributed by atoms with van der Waals surface area (Å²) in [6, 6.07) is 16.3. The van der Waals surface area contributed by atoms with E-state index in [0.29, 0.717) is 28.0 Å². The number of rotatable bonds is 5. The minimum atomic E-state index is -0.142. The number of methoxy groups -OCH3 is 1. The minimum absolute atomic E-state index is 0.142. The van der Waals surface area contributed by atoms with Crippen LogP contribution in [0.25, 0.3) is 10.2 Å². The lowest BCUT2D eigenvalue weighted by Crippen LogP contribution is -2.30. The lowest BCUT2D eigenvalue weighted by atomic mass is 10.2. The number of pyridine rings is 1. The molecule has 0 bridgehead atoms. The van der Waals surface area contributed by atoms with Crippen molar-refractivity contribution in [2.45, 2.75) is 6.54 Å². The normalized spacial score (nSPS) is 10.8. The number of aromatic nitrogens is 2. The molecule has 0 N–H and O–H groups in total. The van der Waals surface area contributed by atoms with E-state index >= 15 is 0 Å². The van der Waals surface area contributed by atoms with E-state index in [1.807, 2.05) is 24.3 Å². The molecule has 2 aromatic heterocycles. The number of halogens is 1. The third-order valence-corrected chi connectivity index (χ3v) is 5.49. The average molecular weight is 410 g/mol. The number of hydrogen-bond donors (Lipinski definition) is 0. The summed E-state index contributed by atoms with van der Waals surface area (Å²) >= 11 is 7.54. The van der Waals surface area contributed by atoms with Crippen LogP contribution in [0.15, 0.2) is 67.0 Å². The Balaban J connectivity index is 1.74. The molecule has 0 atom stereocenters. The zero-order valence-electron chi connectivity index (χ0n) is 15.0. The van der Waals surface area contributed by atoms with E-state index in [9.17, 15) is 4.79 Å². The summed E-state index contributed by atoms with van der Waals surface area (Å²) in [6.45, 7) is 0.367. The summed E-state index contributed by atoms with van der Waals surface area (Å²) < 4.78 is 6.12. The van der Waals surface area contributed by atoms with Gasteiger partial charge in [-0.2, -0.15) is 0 Å². The van der Waals surface area contributed by atoms with E-state index < -0.39 is 0 Å². The SMILES string of the molecule is COc1ccc(C(=O)N(Cc2cccnc2)c2nc3ccc(Cl)cc3s2)cc1. The predicted molar refractivity (Wildman–Crippen MR) is 112 cm³/mol. The van der Waals surface area contributed by atoms with E-state index in [1.165, 1.54) is 11.3 Å². The lowest BCUT2D eigenvalue weighted by Gasteiger charge is -2.20. The van der Waals surface area contributed by atoms with Crippen LogP contribution in [0.1, 0.15) is 15.9 Å². The maximum absolute atomic E-state index is 13.3. The van der Waals surface area contributed by atoms with Crippen molar-refractivity contribution in [2.24, 2.45) is 0 Å². The van der Waals surface area contributed by atoms with E-state index in [4.69, 9.17) is 16.3 Å². The molecule has 0 aliphatic carbocycles. The molecule has 0 spiro atoms. The number of thiazole rings is 1. The van der Waals surface area contributed by atoms with Crippen molar-refractivity contribution in [1.29, 1.82) is 0 Å². The molecule has 0 aliphatic heterocycles. The maximum atomic E-state index is 13.3. The number of carbonyl (C=O) groups is 1. The van der Waals surface area contributed by atoms with Gasteiger partial charge < -0.3 is 4.74 Å². The zero-order chi connectivity index (χ0) is 19.5. The molecule has 0 saturated heterocycles. The maximum Gasteiger partial charge on any atom is 0.260 e. The molecule has 0 saturated carbocycles. The first-order chi connectivity index (χ1) is 13.6. The fourth-order valence-corrected chi connectivity index (χ4v) is 4.03. The third-order valence-electron chi connectivity index (χ3n) is 4.22. The first-order valence-corrected chi connectivity index (χ1v) is 9.74. The molecule has 0 unspecified atom stereocenters. The van der Waals surface area contributed by atoms with Gasteiger partial charge in [-0.15, -0.1) is 0 Å². The number of ether oxygens (including phenoxy) is 1. The van der Waals surface area contributed by atoms with Gasteiger partial charge in [0, 0.05) is 23.0 Å². The second kappa shape index (κ2) is 7.96. The molecule has 0 fully saturated rings. The van der Waals surface area contributed by atoms with Gasteiger partial charge in [0.1, 0.15) is 5.75 Å². The molecule has 2 aromatic carbocycles. The topological polar surface area (TPSA) is 55.3 Å². The smallest absolute Gasteiger partial charge is 0.260 e. The first kappa shape index (κ1) is 18.4. The highest BCUT2D eigenvalue weighted by Gasteiger charge is 2.22. The van der Waals surface area contributed by atoms with Crippen molar-refractivity contribution in [3.8, 4) is 5.75 Å². The Morgan fingerprint density at radius 3 is 2.71 bits per heavy atom. The van der Waals surface area contributed by atoms with Crippen molar-refractivity contribution >= 4 is 44.2 Å². The van der Waals surface area contributed by atoms with Crippen LogP contribution in [-0.2, 0) is 6.54 Å². The van der Waals surface area contributed by atoms with Crippen LogP contribution >= 0.6 is 22.9 Å². The van der Waals surface area contributed by atoms with Crippen LogP contribution in [0.4, 0.5) is 5.13 Å². The highest BCUT2D eigenvalue weighted by atomic mass is 35.5. The Morgan fingerprint density at radius 1 is 1.18 bits per heavy atom. The number of amides is 1. The summed E-state index contributed by atoms with van der Waals surface area (Å²) in [4.78, 5) is 23.8. The zero-order valence-corrected chi connectivity index (χ0v) is 16.6. The number of carbonyl (C=O) groups excluding carboxylic acids is 1. The first-order valence-electron chi connectivity index (χ1n) is 8.55. The van der Waals surface area contributed by atoms with Crippen LogP contribution in [0.3, 0.4) is 0 Å². The Morgan fingerprint density at radius 2 is 2.00 bits per heavy atom. The number of nitrogens with zero attached hydrogens (tertiary/aromatic N) is 3. The standard InChI is InChI=1S/C21H16ClN3O2S/c1-27-17-7-4-15(5-8-17)20(26)25(13-14-3-2-10-23-12-14)21-24-18-9-6-16(22)11-19(18)28-21/h2-12H,13H2,1H3. The largest absolute Gasteiger partial charge is 0.497 e. The molecule has 1 amide bonds. The highest BCUT2D eigenvalue weighted by Crippen LogP contribution is 2.32. The van der Waals surface area contributed by atoms with Crippen LogP contribution in [-0.4, -0.2) is 23.0 Å². The van der Waals surface area contributed by atoms with Gasteiger partial charge >= 0.3 is 0 Å². The molecule has 0 radical (unpaired) electrons. The number of fused-ring (bicyclic) bond motifs is 1. The van der Waals surface area contributed by atoms with E-state index in [0.717, 1.165) is 15.8 Å². The quantitative estimate of drug-likeness (QED) is 0.454. The summed E-state index contributed by atoms with van der Waals surface area (Å²) in [5.74, 6) is 0.557. The van der Waals surface area contributed by atoms with Crippen molar-refractivity contribution in [2.75, 3.05) is 12.0 Å². The van der Waals surface area contributed by atoms with E-state index in [-0.39, 0.29) is 5.91 Å². The molecule has 4 rings (SSSR count). The van der Waals surface area contributed by atoms with Crippen LogP contribution in [0.5, 0.6) is 5.75 Å². The van der Waals surface area contributed by atoms with Crippen LogP contribution < -0.4 is 9.64 Å². The Bertz CT molecular complexity index is 1110. The van der Waals surface area contributed by atoms with Crippen molar-refractivity contribution in [3.63, 3.8) is 0 Å². The van der Waals surface area contributed by atoms with Gasteiger partial charge in [-0.25, -0.2) is 4.98 Å². The average Bonchev–Trinajstić information content (AvgIpc) is 3.15. The fourth-order valence-electron chi connectivity index (χ4n) is 2.79. The fraction of sp³-hybridized carbons (Fsp3) is 0.0952. The Hall–Kier alpha value is -2.96. The second-order valence-corrected chi connectivity index (χ2v) is 7.54. The van der Waals surface area contributed by atoms with Crippen molar-refractivity contribution in [1.82, 2.24) is 9.97 Å². The number of hydrogen-bond acceptors (Lipinski definition) is 5. The van der Waals surface area contributed by atoms with Crippen LogP contribution in [0, 0.1) is 0 Å². The van der Waals surface area contributed by atoms with E-state index in [2.05, 4.69) is 9.97 Å². The van der Waals surface area contributed by atoms with Crippen molar-refractivity contribution < 1.29 is 9.53 Å². The highest BCUT2D eigenvalue weighted by molar-refractivity contribution is 7.22. The van der Waals surface area contributed by atoms with Gasteiger partial charge in [0.25, 0.3) is 5.91 Å². The number of anilines is 1. The summed E-state index contributed by atoms with van der Waals surface area (Å²) in [5.41, 5.74) is 2.28. The monoisotopic (exact) mass is 409 g/mol. The Labute approximate surface area is 171 Å². The summed E-state index contributed by atoms with van der Waals surface area (Å²) in [6.07, 6.45) is 3.46. The van der Waals surface area contributed by atoms with Gasteiger partial charge in [0.2, 0.25) is 0 Å². The molecule has 5 nitrogen and oxygen atoms in total. The van der Waals surface area contributed by atoms with Crippen LogP contribution in [0.2, 0.25) is 5.02 Å². The Kier molecular flexibility index (Phi) is 5.23. The van der Waals surface area contributed by atoms with Gasteiger partial charge in [0.05, 0.1) is 23.9 Å². The van der Waals surface area contributed by atoms with Gasteiger partial charge in [-0.05, 0) is 54.1 Å². The molecule has 28 heavy (non-hydrogen) atoms. The molecule has 4 aromatic rings. The lowest BCUT2D eigenvalue weighted by molar-refractivity contribution is 0.0985. The molecule has 2 heterocycles. The van der Waals surface area contributed by atoms with Gasteiger partial charge in [-0.3, -0.25) is 14.7 Å². The molecule has 0 aliphatic rings. The molecular weight excluding hydrogens is 394 g/mol. The summed E-state index contributed by atoms with van der Waals surface area (Å²) in [7, 11) is 1.60. The van der Waals surface area contributed by atoms with Crippen molar-refractivity contribution in [3.05, 3.63) is 83.1 Å². The molecule has 7 heteroatoms. The predicted octanol–water partition coefficient (Wildman–Crippen LogP) is 5.20. The second-order valence-electron chi connectivity index (χ2n) is 6.09. The minimum Gasteiger partial charge on any atom is -0.497 e. The third kappa shape index (κ3) is 3.83. The summed E-state index contributed by atoms with van der Waals surface area (Å²) in [5, 5.41) is 1.25.